The molecule has 7 heteroatoms. The van der Waals surface area contributed by atoms with Crippen molar-refractivity contribution in [2.45, 2.75) is 6.92 Å². The summed E-state index contributed by atoms with van der Waals surface area (Å²) in [6.45, 7) is 1.83. The molecule has 4 nitrogen and oxygen atoms in total. The summed E-state index contributed by atoms with van der Waals surface area (Å²) in [5.41, 5.74) is 5.26. The molecule has 1 heterocycles. The van der Waals surface area contributed by atoms with Crippen LogP contribution in [0.15, 0.2) is 46.0 Å². The molecular weight excluding hydrogens is 413 g/mol. The van der Waals surface area contributed by atoms with Crippen LogP contribution in [0.3, 0.4) is 0 Å². The topological polar surface area (TPSA) is 57.2 Å². The van der Waals surface area contributed by atoms with Crippen LogP contribution in [0.5, 0.6) is 0 Å². The molecule has 3 aromatic rings. The van der Waals surface area contributed by atoms with Crippen LogP contribution >= 0.6 is 39.1 Å². The number of hydrogen-bond acceptors (Lipinski definition) is 2. The number of carbonyl (C=O) groups excluding carboxylic acids is 1. The number of rotatable bonds is 3. The van der Waals surface area contributed by atoms with Gasteiger partial charge < -0.3 is 4.98 Å². The van der Waals surface area contributed by atoms with Gasteiger partial charge in [-0.1, -0.05) is 51.3 Å². The van der Waals surface area contributed by atoms with E-state index in [0.717, 1.165) is 21.0 Å². The van der Waals surface area contributed by atoms with Gasteiger partial charge in [-0.2, -0.15) is 5.10 Å². The van der Waals surface area contributed by atoms with Gasteiger partial charge in [0.05, 0.1) is 11.2 Å². The van der Waals surface area contributed by atoms with Gasteiger partial charge in [-0.25, -0.2) is 5.43 Å². The Morgan fingerprint density at radius 1 is 1.25 bits per heavy atom. The molecule has 0 aliphatic rings. The lowest BCUT2D eigenvalue weighted by Gasteiger charge is -1.99. The summed E-state index contributed by atoms with van der Waals surface area (Å²) < 4.78 is 0.980. The zero-order valence-electron chi connectivity index (χ0n) is 12.5. The van der Waals surface area contributed by atoms with Crippen molar-refractivity contribution in [3.8, 4) is 0 Å². The molecule has 0 aliphatic carbocycles. The first kappa shape index (κ1) is 17.0. The molecule has 0 saturated carbocycles. The fourth-order valence-corrected chi connectivity index (χ4v) is 3.30. The fourth-order valence-electron chi connectivity index (χ4n) is 2.40. The van der Waals surface area contributed by atoms with Crippen LogP contribution in [0.2, 0.25) is 10.0 Å². The molecule has 122 valence electrons. The predicted octanol–water partition coefficient (Wildman–Crippen LogP) is 5.31. The highest BCUT2D eigenvalue weighted by Crippen LogP contribution is 2.31. The van der Waals surface area contributed by atoms with Crippen LogP contribution in [0, 0.1) is 6.92 Å². The predicted molar refractivity (Wildman–Crippen MR) is 102 cm³/mol. The third-order valence-electron chi connectivity index (χ3n) is 3.54. The molecule has 0 saturated heterocycles. The summed E-state index contributed by atoms with van der Waals surface area (Å²) in [4.78, 5) is 15.4. The van der Waals surface area contributed by atoms with Gasteiger partial charge in [-0.15, -0.1) is 0 Å². The van der Waals surface area contributed by atoms with Gasteiger partial charge in [0.2, 0.25) is 0 Å². The summed E-state index contributed by atoms with van der Waals surface area (Å²) in [6, 6.07) is 11.0. The smallest absolute Gasteiger partial charge is 0.288 e. The first-order valence-electron chi connectivity index (χ1n) is 7.02. The minimum absolute atomic E-state index is 0.343. The standard InChI is InChI=1S/C17H12BrCl2N3O/c1-9-15-13(20)6-12(19)7-14(15)22-16(9)17(24)23-21-8-10-2-4-11(18)5-3-10/h2-8,22H,1H3,(H,23,24). The maximum atomic E-state index is 12.3. The molecule has 0 aliphatic heterocycles. The number of hydrogen-bond donors (Lipinski definition) is 2. The molecule has 2 aromatic carbocycles. The van der Waals surface area contributed by atoms with Crippen LogP contribution in [0.1, 0.15) is 21.6 Å². The minimum atomic E-state index is -0.343. The number of carbonyl (C=O) groups is 1. The van der Waals surface area contributed by atoms with E-state index in [4.69, 9.17) is 23.2 Å². The van der Waals surface area contributed by atoms with Crippen molar-refractivity contribution in [1.82, 2.24) is 10.4 Å². The van der Waals surface area contributed by atoms with E-state index in [2.05, 4.69) is 31.4 Å². The van der Waals surface area contributed by atoms with E-state index >= 15 is 0 Å². The SMILES string of the molecule is Cc1c(C(=O)NN=Cc2ccc(Br)cc2)[nH]c2cc(Cl)cc(Cl)c12. The zero-order valence-corrected chi connectivity index (χ0v) is 15.6. The number of aromatic nitrogens is 1. The Morgan fingerprint density at radius 2 is 1.96 bits per heavy atom. The second-order valence-electron chi connectivity index (χ2n) is 5.19. The van der Waals surface area contributed by atoms with E-state index in [9.17, 15) is 4.79 Å². The Morgan fingerprint density at radius 3 is 2.67 bits per heavy atom. The average Bonchev–Trinajstić information content (AvgIpc) is 2.86. The Hall–Kier alpha value is -1.82. The number of H-pyrrole nitrogens is 1. The lowest BCUT2D eigenvalue weighted by molar-refractivity contribution is 0.0950. The van der Waals surface area contributed by atoms with Crippen molar-refractivity contribution in [2.75, 3.05) is 0 Å². The summed E-state index contributed by atoms with van der Waals surface area (Å²) >= 11 is 15.6. The van der Waals surface area contributed by atoms with Crippen molar-refractivity contribution in [1.29, 1.82) is 0 Å². The van der Waals surface area contributed by atoms with Crippen molar-refractivity contribution in [3.63, 3.8) is 0 Å². The summed E-state index contributed by atoms with van der Waals surface area (Å²) in [5.74, 6) is -0.343. The van der Waals surface area contributed by atoms with E-state index in [1.165, 1.54) is 0 Å². The van der Waals surface area contributed by atoms with Crippen molar-refractivity contribution in [3.05, 3.63) is 67.7 Å². The molecule has 0 spiro atoms. The zero-order chi connectivity index (χ0) is 17.3. The largest absolute Gasteiger partial charge is 0.350 e. The van der Waals surface area contributed by atoms with Crippen LogP contribution in [0.4, 0.5) is 0 Å². The molecule has 2 N–H and O–H groups in total. The van der Waals surface area contributed by atoms with Gasteiger partial charge in [0.15, 0.2) is 0 Å². The second-order valence-corrected chi connectivity index (χ2v) is 6.95. The van der Waals surface area contributed by atoms with E-state index in [1.54, 1.807) is 18.3 Å². The molecule has 0 bridgehead atoms. The number of nitrogens with one attached hydrogen (secondary N) is 2. The Balaban J connectivity index is 1.82. The molecule has 3 rings (SSSR count). The van der Waals surface area contributed by atoms with Crippen molar-refractivity contribution < 1.29 is 4.79 Å². The van der Waals surface area contributed by atoms with E-state index < -0.39 is 0 Å². The van der Waals surface area contributed by atoms with Gasteiger partial charge in [0, 0.05) is 20.4 Å². The van der Waals surface area contributed by atoms with Gasteiger partial charge in [0.25, 0.3) is 5.91 Å². The Bertz CT molecular complexity index is 949. The van der Waals surface area contributed by atoms with E-state index in [0.29, 0.717) is 21.3 Å². The third kappa shape index (κ3) is 3.48. The van der Waals surface area contributed by atoms with E-state index in [1.807, 2.05) is 31.2 Å². The summed E-state index contributed by atoms with van der Waals surface area (Å²) in [5, 5.41) is 5.77. The van der Waals surface area contributed by atoms with E-state index in [-0.39, 0.29) is 5.91 Å². The molecule has 1 amide bonds. The Labute approximate surface area is 157 Å². The van der Waals surface area contributed by atoms with Crippen LogP contribution in [-0.2, 0) is 0 Å². The number of halogens is 3. The number of benzene rings is 2. The number of hydrazone groups is 1. The minimum Gasteiger partial charge on any atom is -0.350 e. The number of aromatic amines is 1. The van der Waals surface area contributed by atoms with Crippen molar-refractivity contribution >= 4 is 62.2 Å². The fraction of sp³-hybridized carbons (Fsp3) is 0.0588. The first-order chi connectivity index (χ1) is 11.5. The highest BCUT2D eigenvalue weighted by Gasteiger charge is 2.16. The van der Waals surface area contributed by atoms with Crippen LogP contribution in [0.25, 0.3) is 10.9 Å². The van der Waals surface area contributed by atoms with Gasteiger partial charge in [-0.3, -0.25) is 4.79 Å². The summed E-state index contributed by atoms with van der Waals surface area (Å²) in [6.07, 6.45) is 1.58. The van der Waals surface area contributed by atoms with Crippen LogP contribution < -0.4 is 5.43 Å². The lowest BCUT2D eigenvalue weighted by atomic mass is 10.1. The third-order valence-corrected chi connectivity index (χ3v) is 4.59. The number of fused-ring (bicyclic) bond motifs is 1. The molecule has 24 heavy (non-hydrogen) atoms. The van der Waals surface area contributed by atoms with Crippen LogP contribution in [-0.4, -0.2) is 17.1 Å². The monoisotopic (exact) mass is 423 g/mol. The Kier molecular flexibility index (Phi) is 4.94. The number of aryl methyl sites for hydroxylation is 1. The van der Waals surface area contributed by atoms with Gasteiger partial charge in [0.1, 0.15) is 5.69 Å². The second kappa shape index (κ2) is 6.97. The highest BCUT2D eigenvalue weighted by molar-refractivity contribution is 9.10. The summed E-state index contributed by atoms with van der Waals surface area (Å²) in [7, 11) is 0. The molecule has 0 fully saturated rings. The molecule has 1 aromatic heterocycles. The highest BCUT2D eigenvalue weighted by atomic mass is 79.9. The molecule has 0 atom stereocenters. The first-order valence-corrected chi connectivity index (χ1v) is 8.57. The number of nitrogens with zero attached hydrogens (tertiary/aromatic N) is 1. The number of amides is 1. The maximum Gasteiger partial charge on any atom is 0.288 e. The average molecular weight is 425 g/mol. The molecule has 0 radical (unpaired) electrons. The lowest BCUT2D eigenvalue weighted by Crippen LogP contribution is -2.18. The molecule has 0 unspecified atom stereocenters. The quantitative estimate of drug-likeness (QED) is 0.434. The maximum absolute atomic E-state index is 12.3. The van der Waals surface area contributed by atoms with Gasteiger partial charge in [-0.05, 0) is 42.3 Å². The normalized spacial score (nSPS) is 11.3. The van der Waals surface area contributed by atoms with Gasteiger partial charge >= 0.3 is 0 Å². The molecular formula is C17H12BrCl2N3O. The van der Waals surface area contributed by atoms with Crippen molar-refractivity contribution in [2.24, 2.45) is 5.10 Å².